The number of amides is 1. The van der Waals surface area contributed by atoms with E-state index < -0.39 is 0 Å². The van der Waals surface area contributed by atoms with Crippen molar-refractivity contribution in [3.63, 3.8) is 0 Å². The van der Waals surface area contributed by atoms with Gasteiger partial charge >= 0.3 is 0 Å². The van der Waals surface area contributed by atoms with E-state index in [4.69, 9.17) is 5.73 Å². The highest BCUT2D eigenvalue weighted by Crippen LogP contribution is 2.18. The van der Waals surface area contributed by atoms with Gasteiger partial charge in [0.1, 0.15) is 0 Å². The maximum Gasteiger partial charge on any atom is 0.259 e. The van der Waals surface area contributed by atoms with Gasteiger partial charge in [-0.1, -0.05) is 12.1 Å². The first-order chi connectivity index (χ1) is 9.65. The van der Waals surface area contributed by atoms with Crippen LogP contribution in [0.15, 0.2) is 42.6 Å². The molecule has 0 aliphatic rings. The van der Waals surface area contributed by atoms with Crippen LogP contribution in [0.4, 0.5) is 5.69 Å². The molecule has 0 aliphatic heterocycles. The standard InChI is InChI=1S/C16H19N3O/c1-3-19(15-8-5-13(10-17)6-9-15)16(20)14-7-4-12(2)18-11-14/h4-9,11H,3,10,17H2,1-2H3. The number of anilines is 1. The summed E-state index contributed by atoms with van der Waals surface area (Å²) in [4.78, 5) is 18.4. The van der Waals surface area contributed by atoms with Crippen LogP contribution < -0.4 is 10.6 Å². The van der Waals surface area contributed by atoms with Crippen molar-refractivity contribution in [3.8, 4) is 0 Å². The Hall–Kier alpha value is -2.20. The first-order valence-electron chi connectivity index (χ1n) is 6.69. The molecule has 1 amide bonds. The zero-order valence-electron chi connectivity index (χ0n) is 11.8. The van der Waals surface area contributed by atoms with Crippen LogP contribution >= 0.6 is 0 Å². The number of nitrogens with two attached hydrogens (primary N) is 1. The number of aromatic nitrogens is 1. The van der Waals surface area contributed by atoms with Gasteiger partial charge < -0.3 is 10.6 Å². The molecule has 104 valence electrons. The van der Waals surface area contributed by atoms with Crippen LogP contribution in [-0.2, 0) is 6.54 Å². The van der Waals surface area contributed by atoms with E-state index in [2.05, 4.69) is 4.98 Å². The molecule has 1 aromatic heterocycles. The van der Waals surface area contributed by atoms with Crippen molar-refractivity contribution in [1.82, 2.24) is 4.98 Å². The van der Waals surface area contributed by atoms with E-state index in [1.165, 1.54) is 0 Å². The van der Waals surface area contributed by atoms with Crippen molar-refractivity contribution in [1.29, 1.82) is 0 Å². The van der Waals surface area contributed by atoms with Crippen molar-refractivity contribution >= 4 is 11.6 Å². The average Bonchev–Trinajstić information content (AvgIpc) is 2.49. The summed E-state index contributed by atoms with van der Waals surface area (Å²) in [7, 11) is 0. The minimum absolute atomic E-state index is 0.0412. The monoisotopic (exact) mass is 269 g/mol. The van der Waals surface area contributed by atoms with Crippen molar-refractivity contribution in [2.45, 2.75) is 20.4 Å². The molecular weight excluding hydrogens is 250 g/mol. The summed E-state index contributed by atoms with van der Waals surface area (Å²) in [6, 6.07) is 11.4. The Kier molecular flexibility index (Phi) is 4.48. The zero-order valence-corrected chi connectivity index (χ0v) is 11.8. The minimum Gasteiger partial charge on any atom is -0.326 e. The van der Waals surface area contributed by atoms with Gasteiger partial charge in [-0.05, 0) is 43.7 Å². The molecule has 4 nitrogen and oxygen atoms in total. The van der Waals surface area contributed by atoms with E-state index in [1.807, 2.05) is 50.2 Å². The Labute approximate surface area is 119 Å². The molecule has 1 heterocycles. The summed E-state index contributed by atoms with van der Waals surface area (Å²) < 4.78 is 0. The van der Waals surface area contributed by atoms with Crippen LogP contribution in [0.1, 0.15) is 28.5 Å². The van der Waals surface area contributed by atoms with E-state index in [-0.39, 0.29) is 5.91 Å². The molecule has 20 heavy (non-hydrogen) atoms. The van der Waals surface area contributed by atoms with Crippen molar-refractivity contribution in [2.75, 3.05) is 11.4 Å². The van der Waals surface area contributed by atoms with E-state index in [0.717, 1.165) is 16.9 Å². The van der Waals surface area contributed by atoms with Gasteiger partial charge in [0.25, 0.3) is 5.91 Å². The largest absolute Gasteiger partial charge is 0.326 e. The number of hydrogen-bond acceptors (Lipinski definition) is 3. The highest BCUT2D eigenvalue weighted by molar-refractivity contribution is 6.05. The predicted molar refractivity (Wildman–Crippen MR) is 80.7 cm³/mol. The number of benzene rings is 1. The van der Waals surface area contributed by atoms with Crippen LogP contribution in [0.25, 0.3) is 0 Å². The van der Waals surface area contributed by atoms with E-state index in [0.29, 0.717) is 18.7 Å². The van der Waals surface area contributed by atoms with Gasteiger partial charge in [0.2, 0.25) is 0 Å². The molecule has 2 rings (SSSR count). The Morgan fingerprint density at radius 2 is 1.90 bits per heavy atom. The van der Waals surface area contributed by atoms with Gasteiger partial charge in [-0.25, -0.2) is 0 Å². The smallest absolute Gasteiger partial charge is 0.259 e. The fourth-order valence-electron chi connectivity index (χ4n) is 2.01. The number of nitrogens with zero attached hydrogens (tertiary/aromatic N) is 2. The second-order valence-electron chi connectivity index (χ2n) is 4.61. The van der Waals surface area contributed by atoms with E-state index in [9.17, 15) is 4.79 Å². The zero-order chi connectivity index (χ0) is 14.5. The summed E-state index contributed by atoms with van der Waals surface area (Å²) in [6.45, 7) is 4.96. The number of pyridine rings is 1. The van der Waals surface area contributed by atoms with Gasteiger partial charge in [-0.15, -0.1) is 0 Å². The fraction of sp³-hybridized carbons (Fsp3) is 0.250. The SMILES string of the molecule is CCN(C(=O)c1ccc(C)nc1)c1ccc(CN)cc1. The maximum atomic E-state index is 12.5. The van der Waals surface area contributed by atoms with Gasteiger partial charge in [-0.2, -0.15) is 0 Å². The maximum absolute atomic E-state index is 12.5. The average molecular weight is 269 g/mol. The quantitative estimate of drug-likeness (QED) is 0.927. The van der Waals surface area contributed by atoms with Gasteiger partial charge in [0.15, 0.2) is 0 Å². The lowest BCUT2D eigenvalue weighted by atomic mass is 10.1. The molecule has 0 radical (unpaired) electrons. The summed E-state index contributed by atoms with van der Waals surface area (Å²) >= 11 is 0. The van der Waals surface area contributed by atoms with Crippen LogP contribution in [-0.4, -0.2) is 17.4 Å². The van der Waals surface area contributed by atoms with E-state index >= 15 is 0 Å². The first-order valence-corrected chi connectivity index (χ1v) is 6.69. The highest BCUT2D eigenvalue weighted by Gasteiger charge is 2.16. The molecular formula is C16H19N3O. The topological polar surface area (TPSA) is 59.2 Å². The summed E-state index contributed by atoms with van der Waals surface area (Å²) in [5, 5.41) is 0. The van der Waals surface area contributed by atoms with Gasteiger partial charge in [0.05, 0.1) is 5.56 Å². The lowest BCUT2D eigenvalue weighted by Gasteiger charge is -2.21. The molecule has 4 heteroatoms. The van der Waals surface area contributed by atoms with Crippen molar-refractivity contribution in [3.05, 3.63) is 59.4 Å². The molecule has 0 atom stereocenters. The van der Waals surface area contributed by atoms with Gasteiger partial charge in [0, 0.05) is 30.7 Å². The van der Waals surface area contributed by atoms with E-state index in [1.54, 1.807) is 11.1 Å². The molecule has 2 aromatic rings. The van der Waals surface area contributed by atoms with Crippen LogP contribution in [0.5, 0.6) is 0 Å². The molecule has 2 N–H and O–H groups in total. The number of hydrogen-bond donors (Lipinski definition) is 1. The second-order valence-corrected chi connectivity index (χ2v) is 4.61. The fourth-order valence-corrected chi connectivity index (χ4v) is 2.01. The normalized spacial score (nSPS) is 10.3. The van der Waals surface area contributed by atoms with Crippen molar-refractivity contribution in [2.24, 2.45) is 5.73 Å². The number of rotatable bonds is 4. The Morgan fingerprint density at radius 1 is 1.20 bits per heavy atom. The number of carbonyl (C=O) groups excluding carboxylic acids is 1. The highest BCUT2D eigenvalue weighted by atomic mass is 16.2. The van der Waals surface area contributed by atoms with Gasteiger partial charge in [-0.3, -0.25) is 9.78 Å². The summed E-state index contributed by atoms with van der Waals surface area (Å²) in [5.74, 6) is -0.0412. The van der Waals surface area contributed by atoms with Crippen LogP contribution in [0, 0.1) is 6.92 Å². The Balaban J connectivity index is 2.26. The molecule has 0 spiro atoms. The lowest BCUT2D eigenvalue weighted by Crippen LogP contribution is -2.30. The third-order valence-corrected chi connectivity index (χ3v) is 3.20. The Morgan fingerprint density at radius 3 is 2.40 bits per heavy atom. The first kappa shape index (κ1) is 14.2. The molecule has 0 bridgehead atoms. The minimum atomic E-state index is -0.0412. The van der Waals surface area contributed by atoms with Crippen LogP contribution in [0.2, 0.25) is 0 Å². The molecule has 0 saturated carbocycles. The summed E-state index contributed by atoms with van der Waals surface area (Å²) in [6.07, 6.45) is 1.62. The third-order valence-electron chi connectivity index (χ3n) is 3.20. The third kappa shape index (κ3) is 3.03. The molecule has 1 aromatic carbocycles. The van der Waals surface area contributed by atoms with Crippen LogP contribution in [0.3, 0.4) is 0 Å². The lowest BCUT2D eigenvalue weighted by molar-refractivity contribution is 0.0988. The molecule has 0 unspecified atom stereocenters. The summed E-state index contributed by atoms with van der Waals surface area (Å²) in [5.41, 5.74) is 9.00. The second kappa shape index (κ2) is 6.30. The number of carbonyl (C=O) groups is 1. The molecule has 0 fully saturated rings. The number of aryl methyl sites for hydroxylation is 1. The molecule has 0 saturated heterocycles. The predicted octanol–water partition coefficient (Wildman–Crippen LogP) is 2.52. The molecule has 0 aliphatic carbocycles. The van der Waals surface area contributed by atoms with Crippen molar-refractivity contribution < 1.29 is 4.79 Å². The Bertz CT molecular complexity index is 576.